The molecule has 39 heavy (non-hydrogen) atoms. The number of thiazole rings is 1. The van der Waals surface area contributed by atoms with E-state index in [2.05, 4.69) is 16.8 Å². The largest absolute Gasteiger partial charge is 0.481 e. The van der Waals surface area contributed by atoms with Crippen LogP contribution in [-0.4, -0.2) is 31.9 Å². The van der Waals surface area contributed by atoms with Gasteiger partial charge in [0.15, 0.2) is 5.60 Å². The third-order valence-corrected chi connectivity index (χ3v) is 7.26. The number of aliphatic carboxylic acids is 1. The molecule has 1 heterocycles. The minimum absolute atomic E-state index is 0.0889. The molecular formula is C32H34ClNO4S. The Balaban J connectivity index is 0.000000771. The highest BCUT2D eigenvalue weighted by Gasteiger charge is 2.25. The summed E-state index contributed by atoms with van der Waals surface area (Å²) >= 11 is 7.54. The fraction of sp³-hybridized carbons (Fsp3) is 0.312. The first-order valence-corrected chi connectivity index (χ1v) is 13.7. The highest BCUT2D eigenvalue weighted by molar-refractivity contribution is 7.11. The number of aliphatic hydroxyl groups is 2. The molecule has 7 heteroatoms. The van der Waals surface area contributed by atoms with E-state index >= 15 is 0 Å². The van der Waals surface area contributed by atoms with Crippen molar-refractivity contribution in [2.45, 2.75) is 66.1 Å². The van der Waals surface area contributed by atoms with E-state index in [1.807, 2.05) is 57.2 Å². The van der Waals surface area contributed by atoms with Crippen LogP contribution in [0.4, 0.5) is 0 Å². The molecule has 3 aromatic carbocycles. The molecule has 0 aliphatic carbocycles. The Kier molecular flexibility index (Phi) is 9.25. The highest BCUT2D eigenvalue weighted by atomic mass is 35.5. The molecule has 4 aromatic rings. The molecule has 5 nitrogen and oxygen atoms in total. The molecule has 0 bridgehead atoms. The van der Waals surface area contributed by atoms with Crippen LogP contribution in [0.1, 0.15) is 60.0 Å². The predicted octanol–water partition coefficient (Wildman–Crippen LogP) is 7.21. The van der Waals surface area contributed by atoms with E-state index in [0.29, 0.717) is 5.02 Å². The second-order valence-electron chi connectivity index (χ2n) is 10.7. The van der Waals surface area contributed by atoms with Gasteiger partial charge in [-0.05, 0) is 106 Å². The summed E-state index contributed by atoms with van der Waals surface area (Å²) in [5, 5.41) is 32.5. The van der Waals surface area contributed by atoms with Gasteiger partial charge in [0.25, 0.3) is 0 Å². The first kappa shape index (κ1) is 30.3. The summed E-state index contributed by atoms with van der Waals surface area (Å²) < 4.78 is 0. The van der Waals surface area contributed by atoms with Gasteiger partial charge in [0.1, 0.15) is 0 Å². The molecule has 0 saturated heterocycles. The second-order valence-corrected chi connectivity index (χ2v) is 12.3. The normalized spacial score (nSPS) is 12.7. The molecule has 204 valence electrons. The summed E-state index contributed by atoms with van der Waals surface area (Å²) in [7, 11) is 0. The third kappa shape index (κ3) is 8.14. The average molecular weight is 564 g/mol. The molecule has 1 atom stereocenters. The number of carboxylic acids is 1. The lowest BCUT2D eigenvalue weighted by atomic mass is 9.88. The molecule has 1 aromatic heterocycles. The topological polar surface area (TPSA) is 90.7 Å². The van der Waals surface area contributed by atoms with Crippen molar-refractivity contribution in [3.63, 3.8) is 0 Å². The Hall–Kier alpha value is -3.21. The van der Waals surface area contributed by atoms with Crippen LogP contribution < -0.4 is 0 Å². The van der Waals surface area contributed by atoms with Crippen molar-refractivity contribution in [2.75, 3.05) is 0 Å². The van der Waals surface area contributed by atoms with Crippen molar-refractivity contribution in [3.8, 4) is 23.0 Å². The standard InChI is InChI=1S/C28H24ClNO3S.C4H10O/c1-16-13-21-6-5-19(11-12-28(4,33)27-17(2)30-18(3)34-27)14-24(21)26(23(16)15-25(31)32)20-7-9-22(29)10-8-20;1-4(2,3)5/h5-10,13-14,33H,15H2,1-4H3,(H,31,32);5H,1-3H3. The zero-order chi connectivity index (χ0) is 29.1. The first-order valence-electron chi connectivity index (χ1n) is 12.5. The van der Waals surface area contributed by atoms with Gasteiger partial charge in [-0.1, -0.05) is 47.7 Å². The number of aromatic nitrogens is 1. The summed E-state index contributed by atoms with van der Waals surface area (Å²) in [5.41, 5.74) is 3.10. The minimum atomic E-state index is -1.33. The van der Waals surface area contributed by atoms with E-state index < -0.39 is 17.2 Å². The van der Waals surface area contributed by atoms with Crippen LogP contribution in [0.25, 0.3) is 21.9 Å². The average Bonchev–Trinajstić information content (AvgIpc) is 3.16. The maximum atomic E-state index is 11.7. The van der Waals surface area contributed by atoms with Gasteiger partial charge in [-0.3, -0.25) is 4.79 Å². The summed E-state index contributed by atoms with van der Waals surface area (Å²) in [6.45, 7) is 12.6. The van der Waals surface area contributed by atoms with Crippen molar-refractivity contribution in [2.24, 2.45) is 0 Å². The molecule has 3 N–H and O–H groups in total. The first-order chi connectivity index (χ1) is 18.0. The monoisotopic (exact) mass is 563 g/mol. The second kappa shape index (κ2) is 11.9. The van der Waals surface area contributed by atoms with E-state index in [4.69, 9.17) is 16.7 Å². The maximum Gasteiger partial charge on any atom is 0.307 e. The zero-order valence-corrected chi connectivity index (χ0v) is 24.9. The van der Waals surface area contributed by atoms with Crippen LogP contribution in [-0.2, 0) is 16.8 Å². The molecule has 4 rings (SSSR count). The smallest absolute Gasteiger partial charge is 0.307 e. The number of nitrogens with zero attached hydrogens (tertiary/aromatic N) is 1. The van der Waals surface area contributed by atoms with E-state index in [-0.39, 0.29) is 6.42 Å². The van der Waals surface area contributed by atoms with Gasteiger partial charge >= 0.3 is 5.97 Å². The summed E-state index contributed by atoms with van der Waals surface area (Å²) in [5.74, 6) is 5.23. The van der Waals surface area contributed by atoms with E-state index in [1.165, 1.54) is 11.3 Å². The van der Waals surface area contributed by atoms with Crippen molar-refractivity contribution in [1.29, 1.82) is 0 Å². The lowest BCUT2D eigenvalue weighted by Crippen LogP contribution is -2.18. The fourth-order valence-electron chi connectivity index (χ4n) is 4.22. The predicted molar refractivity (Wildman–Crippen MR) is 160 cm³/mol. The van der Waals surface area contributed by atoms with Crippen molar-refractivity contribution in [1.82, 2.24) is 4.98 Å². The summed E-state index contributed by atoms with van der Waals surface area (Å²) in [4.78, 5) is 16.8. The van der Waals surface area contributed by atoms with Gasteiger partial charge in [0.2, 0.25) is 0 Å². The van der Waals surface area contributed by atoms with Crippen LogP contribution in [0.3, 0.4) is 0 Å². The van der Waals surface area contributed by atoms with Crippen LogP contribution >= 0.6 is 22.9 Å². The number of fused-ring (bicyclic) bond motifs is 1. The van der Waals surface area contributed by atoms with E-state index in [9.17, 15) is 15.0 Å². The van der Waals surface area contributed by atoms with Crippen molar-refractivity contribution >= 4 is 39.7 Å². The minimum Gasteiger partial charge on any atom is -0.481 e. The van der Waals surface area contributed by atoms with Gasteiger partial charge < -0.3 is 15.3 Å². The molecular weight excluding hydrogens is 530 g/mol. The molecule has 1 unspecified atom stereocenters. The fourth-order valence-corrected chi connectivity index (χ4v) is 5.26. The molecule has 0 aliphatic rings. The number of hydrogen-bond acceptors (Lipinski definition) is 5. The van der Waals surface area contributed by atoms with E-state index in [0.717, 1.165) is 54.2 Å². The SMILES string of the molecule is CC(C)(C)O.Cc1nc(C)c(C(C)(O)C#Cc2ccc3cc(C)c(CC(=O)O)c(-c4ccc(Cl)cc4)c3c2)s1. The van der Waals surface area contributed by atoms with Crippen molar-refractivity contribution in [3.05, 3.63) is 85.8 Å². The molecule has 0 fully saturated rings. The van der Waals surface area contributed by atoms with Crippen LogP contribution in [0.15, 0.2) is 48.5 Å². The maximum absolute atomic E-state index is 11.7. The number of halogens is 1. The van der Waals surface area contributed by atoms with E-state index in [1.54, 1.807) is 39.8 Å². The number of benzene rings is 3. The number of carboxylic acid groups (broad SMARTS) is 1. The Morgan fingerprint density at radius 1 is 1.00 bits per heavy atom. The molecule has 0 saturated carbocycles. The summed E-state index contributed by atoms with van der Waals surface area (Å²) in [6.07, 6.45) is -0.0889. The molecule has 0 radical (unpaired) electrons. The zero-order valence-electron chi connectivity index (χ0n) is 23.3. The Bertz CT molecular complexity index is 1560. The van der Waals surface area contributed by atoms with Crippen LogP contribution in [0, 0.1) is 32.6 Å². The van der Waals surface area contributed by atoms with Gasteiger partial charge in [-0.15, -0.1) is 11.3 Å². The Morgan fingerprint density at radius 3 is 2.15 bits per heavy atom. The quantitative estimate of drug-likeness (QED) is 0.228. The van der Waals surface area contributed by atoms with Gasteiger partial charge in [0, 0.05) is 10.6 Å². The lowest BCUT2D eigenvalue weighted by Gasteiger charge is -2.17. The Morgan fingerprint density at radius 2 is 1.62 bits per heavy atom. The summed E-state index contributed by atoms with van der Waals surface area (Å²) in [6, 6.07) is 15.3. The lowest BCUT2D eigenvalue weighted by molar-refractivity contribution is -0.136. The number of hydrogen-bond donors (Lipinski definition) is 3. The number of aryl methyl sites for hydroxylation is 3. The van der Waals surface area contributed by atoms with Crippen LogP contribution in [0.5, 0.6) is 0 Å². The highest BCUT2D eigenvalue weighted by Crippen LogP contribution is 2.36. The number of rotatable bonds is 4. The molecule has 0 aliphatic heterocycles. The Labute approximate surface area is 239 Å². The van der Waals surface area contributed by atoms with Gasteiger partial charge in [-0.25, -0.2) is 4.98 Å². The number of carbonyl (C=O) groups is 1. The van der Waals surface area contributed by atoms with Gasteiger partial charge in [0.05, 0.1) is 27.6 Å². The molecule has 0 amide bonds. The molecule has 0 spiro atoms. The van der Waals surface area contributed by atoms with Crippen LogP contribution in [0.2, 0.25) is 5.02 Å². The third-order valence-electron chi connectivity index (χ3n) is 5.73. The van der Waals surface area contributed by atoms with Gasteiger partial charge in [-0.2, -0.15) is 0 Å². The van der Waals surface area contributed by atoms with Crippen molar-refractivity contribution < 1.29 is 20.1 Å².